The van der Waals surface area contributed by atoms with Gasteiger partial charge in [0.2, 0.25) is 0 Å². The molecular formula is C23H22N4O2S. The van der Waals surface area contributed by atoms with Crippen LogP contribution in [-0.2, 0) is 5.75 Å². The topological polar surface area (TPSA) is 62.1 Å². The number of rotatable bonds is 8. The maximum absolute atomic E-state index is 5.58. The summed E-state index contributed by atoms with van der Waals surface area (Å²) in [7, 11) is 1.67. The van der Waals surface area contributed by atoms with E-state index in [4.69, 9.17) is 9.47 Å². The van der Waals surface area contributed by atoms with Gasteiger partial charge in [-0.05, 0) is 61.0 Å². The Morgan fingerprint density at radius 1 is 0.867 bits per heavy atom. The number of hydrogen-bond donors (Lipinski definition) is 0. The molecule has 4 aromatic rings. The van der Waals surface area contributed by atoms with Crippen molar-refractivity contribution in [1.82, 2.24) is 19.7 Å². The summed E-state index contributed by atoms with van der Waals surface area (Å²) in [5, 5.41) is 9.77. The summed E-state index contributed by atoms with van der Waals surface area (Å²) in [6.07, 6.45) is 3.52. The summed E-state index contributed by atoms with van der Waals surface area (Å²) in [5.74, 6) is 3.24. The van der Waals surface area contributed by atoms with Gasteiger partial charge in [-0.2, -0.15) is 0 Å². The fourth-order valence-electron chi connectivity index (χ4n) is 3.01. The molecule has 0 fully saturated rings. The number of pyridine rings is 1. The monoisotopic (exact) mass is 418 g/mol. The van der Waals surface area contributed by atoms with Crippen molar-refractivity contribution in [3.63, 3.8) is 0 Å². The van der Waals surface area contributed by atoms with Gasteiger partial charge in [-0.3, -0.25) is 9.55 Å². The van der Waals surface area contributed by atoms with Crippen LogP contribution >= 0.6 is 11.8 Å². The first kappa shape index (κ1) is 20.0. The summed E-state index contributed by atoms with van der Waals surface area (Å²) in [5.41, 5.74) is 3.13. The Balaban J connectivity index is 1.66. The van der Waals surface area contributed by atoms with Gasteiger partial charge in [0.25, 0.3) is 0 Å². The van der Waals surface area contributed by atoms with Gasteiger partial charge in [-0.1, -0.05) is 23.9 Å². The lowest BCUT2D eigenvalue weighted by Gasteiger charge is -2.11. The predicted octanol–water partition coefficient (Wildman–Crippen LogP) is 5.03. The van der Waals surface area contributed by atoms with Gasteiger partial charge in [-0.25, -0.2) is 0 Å². The standard InChI is InChI=1S/C23H22N4O2S/c1-3-29-21-10-6-19(7-11-21)27-22(18-12-14-24-15-13-18)25-26-23(27)30-16-17-4-8-20(28-2)9-5-17/h4-15H,3,16H2,1-2H3. The molecule has 0 unspecified atom stereocenters. The van der Waals surface area contributed by atoms with E-state index in [1.165, 1.54) is 5.56 Å². The van der Waals surface area contributed by atoms with Crippen molar-refractivity contribution in [3.05, 3.63) is 78.6 Å². The van der Waals surface area contributed by atoms with Crippen LogP contribution in [0.15, 0.2) is 78.2 Å². The molecule has 0 saturated carbocycles. The van der Waals surface area contributed by atoms with Gasteiger partial charge in [0.1, 0.15) is 11.5 Å². The molecule has 6 nitrogen and oxygen atoms in total. The van der Waals surface area contributed by atoms with Gasteiger partial charge < -0.3 is 9.47 Å². The van der Waals surface area contributed by atoms with E-state index in [9.17, 15) is 0 Å². The maximum Gasteiger partial charge on any atom is 0.196 e. The first-order valence-corrected chi connectivity index (χ1v) is 10.6. The van der Waals surface area contributed by atoms with Gasteiger partial charge in [0, 0.05) is 29.4 Å². The van der Waals surface area contributed by atoms with E-state index in [1.54, 1.807) is 31.3 Å². The Kier molecular flexibility index (Phi) is 6.29. The Morgan fingerprint density at radius 3 is 2.23 bits per heavy atom. The molecule has 152 valence electrons. The molecule has 4 rings (SSSR count). The van der Waals surface area contributed by atoms with Crippen LogP contribution in [0.25, 0.3) is 17.1 Å². The van der Waals surface area contributed by atoms with E-state index in [0.29, 0.717) is 6.61 Å². The SMILES string of the molecule is CCOc1ccc(-n2c(SCc3ccc(OC)cc3)nnc2-c2ccncc2)cc1. The fourth-order valence-corrected chi connectivity index (χ4v) is 3.92. The molecule has 2 heterocycles. The van der Waals surface area contributed by atoms with Crippen molar-refractivity contribution in [3.8, 4) is 28.6 Å². The molecule has 0 saturated heterocycles. The number of methoxy groups -OCH3 is 1. The van der Waals surface area contributed by atoms with Crippen LogP contribution in [0.3, 0.4) is 0 Å². The van der Waals surface area contributed by atoms with Crippen molar-refractivity contribution >= 4 is 11.8 Å². The van der Waals surface area contributed by atoms with Gasteiger partial charge >= 0.3 is 0 Å². The number of hydrogen-bond acceptors (Lipinski definition) is 6. The van der Waals surface area contributed by atoms with Crippen LogP contribution in [0.2, 0.25) is 0 Å². The van der Waals surface area contributed by atoms with Crippen LogP contribution in [0.5, 0.6) is 11.5 Å². The van der Waals surface area contributed by atoms with Gasteiger partial charge in [-0.15, -0.1) is 10.2 Å². The lowest BCUT2D eigenvalue weighted by atomic mass is 10.2. The molecule has 0 spiro atoms. The van der Waals surface area contributed by atoms with E-state index in [2.05, 4.69) is 31.9 Å². The Labute approximate surface area is 179 Å². The minimum Gasteiger partial charge on any atom is -0.497 e. The van der Waals surface area contributed by atoms with Gasteiger partial charge in [0.05, 0.1) is 13.7 Å². The highest BCUT2D eigenvalue weighted by Gasteiger charge is 2.16. The van der Waals surface area contributed by atoms with E-state index < -0.39 is 0 Å². The van der Waals surface area contributed by atoms with E-state index in [1.807, 2.05) is 55.5 Å². The van der Waals surface area contributed by atoms with Crippen LogP contribution in [-0.4, -0.2) is 33.5 Å². The summed E-state index contributed by atoms with van der Waals surface area (Å²) in [4.78, 5) is 4.11. The van der Waals surface area contributed by atoms with E-state index in [0.717, 1.165) is 39.5 Å². The summed E-state index contributed by atoms with van der Waals surface area (Å²) >= 11 is 1.64. The molecule has 0 aliphatic heterocycles. The Morgan fingerprint density at radius 2 is 1.57 bits per heavy atom. The summed E-state index contributed by atoms with van der Waals surface area (Å²) in [6, 6.07) is 19.9. The normalized spacial score (nSPS) is 10.7. The van der Waals surface area contributed by atoms with Crippen molar-refractivity contribution in [2.75, 3.05) is 13.7 Å². The van der Waals surface area contributed by atoms with Crippen molar-refractivity contribution in [1.29, 1.82) is 0 Å². The van der Waals surface area contributed by atoms with E-state index in [-0.39, 0.29) is 0 Å². The van der Waals surface area contributed by atoms with Crippen molar-refractivity contribution < 1.29 is 9.47 Å². The average molecular weight is 419 g/mol. The third-order valence-corrected chi connectivity index (χ3v) is 5.50. The van der Waals surface area contributed by atoms with Crippen molar-refractivity contribution in [2.45, 2.75) is 17.8 Å². The summed E-state index contributed by atoms with van der Waals surface area (Å²) in [6.45, 7) is 2.61. The lowest BCUT2D eigenvalue weighted by Crippen LogP contribution is -2.00. The van der Waals surface area contributed by atoms with Crippen LogP contribution in [0, 0.1) is 0 Å². The van der Waals surface area contributed by atoms with Gasteiger partial charge in [0.15, 0.2) is 11.0 Å². The highest BCUT2D eigenvalue weighted by Crippen LogP contribution is 2.30. The zero-order valence-corrected chi connectivity index (χ0v) is 17.7. The zero-order valence-electron chi connectivity index (χ0n) is 16.9. The number of benzene rings is 2. The van der Waals surface area contributed by atoms with Crippen LogP contribution < -0.4 is 9.47 Å². The molecule has 2 aromatic carbocycles. The number of ether oxygens (including phenoxy) is 2. The zero-order chi connectivity index (χ0) is 20.8. The second-order valence-corrected chi connectivity index (χ2v) is 7.38. The van der Waals surface area contributed by atoms with Crippen LogP contribution in [0.4, 0.5) is 0 Å². The molecule has 0 aliphatic rings. The molecular weight excluding hydrogens is 396 g/mol. The summed E-state index contributed by atoms with van der Waals surface area (Å²) < 4.78 is 12.9. The number of aromatic nitrogens is 4. The molecule has 7 heteroatoms. The molecule has 0 aliphatic carbocycles. The highest BCUT2D eigenvalue weighted by molar-refractivity contribution is 7.98. The second-order valence-electron chi connectivity index (χ2n) is 6.44. The second kappa shape index (κ2) is 9.45. The quantitative estimate of drug-likeness (QED) is 0.374. The average Bonchev–Trinajstić information content (AvgIpc) is 3.23. The lowest BCUT2D eigenvalue weighted by molar-refractivity contribution is 0.340. The molecule has 0 radical (unpaired) electrons. The predicted molar refractivity (Wildman–Crippen MR) is 118 cm³/mol. The van der Waals surface area contributed by atoms with Crippen LogP contribution in [0.1, 0.15) is 12.5 Å². The smallest absolute Gasteiger partial charge is 0.196 e. The molecule has 0 amide bonds. The number of thioether (sulfide) groups is 1. The Hall–Kier alpha value is -3.32. The highest BCUT2D eigenvalue weighted by atomic mass is 32.2. The maximum atomic E-state index is 5.58. The van der Waals surface area contributed by atoms with E-state index >= 15 is 0 Å². The third kappa shape index (κ3) is 4.46. The minimum absolute atomic E-state index is 0.636. The first-order valence-electron chi connectivity index (χ1n) is 9.63. The molecule has 2 aromatic heterocycles. The largest absolute Gasteiger partial charge is 0.497 e. The first-order chi connectivity index (χ1) is 14.8. The molecule has 0 N–H and O–H groups in total. The minimum atomic E-state index is 0.636. The fraction of sp³-hybridized carbons (Fsp3) is 0.174. The molecule has 0 atom stereocenters. The van der Waals surface area contributed by atoms with Crippen molar-refractivity contribution in [2.24, 2.45) is 0 Å². The molecule has 30 heavy (non-hydrogen) atoms. The third-order valence-electron chi connectivity index (χ3n) is 4.50. The Bertz CT molecular complexity index is 1080. The molecule has 0 bridgehead atoms. The number of nitrogens with zero attached hydrogens (tertiary/aromatic N) is 4.